The Labute approximate surface area is 142 Å². The van der Waals surface area contributed by atoms with Gasteiger partial charge >= 0.3 is 6.09 Å². The van der Waals surface area contributed by atoms with Crippen LogP contribution in [0, 0.1) is 10.8 Å². The molecule has 1 atom stereocenters. The highest BCUT2D eigenvalue weighted by Crippen LogP contribution is 2.45. The molecule has 3 heterocycles. The first-order valence-electron chi connectivity index (χ1n) is 8.25. The van der Waals surface area contributed by atoms with E-state index in [1.165, 1.54) is 0 Å². The fraction of sp³-hybridized carbons (Fsp3) is 0.474. The van der Waals surface area contributed by atoms with Crippen LogP contribution in [0.1, 0.15) is 40.2 Å². The molecule has 1 amide bonds. The third kappa shape index (κ3) is 2.68. The van der Waals surface area contributed by atoms with Crippen LogP contribution in [0.5, 0.6) is 0 Å². The maximum Gasteiger partial charge on any atom is 0.407 e. The van der Waals surface area contributed by atoms with Crippen molar-refractivity contribution >= 4 is 22.7 Å². The Hall–Kier alpha value is -2.30. The molecule has 0 spiro atoms. The number of carbonyl (C=O) groups is 1. The summed E-state index contributed by atoms with van der Waals surface area (Å²) in [7, 11) is 0. The van der Waals surface area contributed by atoms with Crippen molar-refractivity contribution in [1.82, 2.24) is 14.9 Å². The Bertz CT molecular complexity index is 811. The van der Waals surface area contributed by atoms with Gasteiger partial charge in [0.2, 0.25) is 0 Å². The molecule has 0 bridgehead atoms. The van der Waals surface area contributed by atoms with E-state index in [0.29, 0.717) is 6.54 Å². The number of pyridine rings is 1. The van der Waals surface area contributed by atoms with Gasteiger partial charge in [-0.05, 0) is 23.1 Å². The van der Waals surface area contributed by atoms with Gasteiger partial charge in [-0.1, -0.05) is 40.7 Å². The first-order valence-corrected chi connectivity index (χ1v) is 8.25. The lowest BCUT2D eigenvalue weighted by atomic mass is 9.67. The molecule has 0 aliphatic carbocycles. The van der Waals surface area contributed by atoms with Crippen molar-refractivity contribution in [3.8, 4) is 0 Å². The number of hydrogen-bond acceptors (Lipinski definition) is 2. The average Bonchev–Trinajstić information content (AvgIpc) is 2.87. The van der Waals surface area contributed by atoms with Gasteiger partial charge in [0.1, 0.15) is 5.65 Å². The van der Waals surface area contributed by atoms with E-state index in [9.17, 15) is 9.90 Å². The summed E-state index contributed by atoms with van der Waals surface area (Å²) in [6.07, 6.45) is 5.04. The molecule has 3 rings (SSSR count). The van der Waals surface area contributed by atoms with Crippen molar-refractivity contribution in [1.29, 1.82) is 0 Å². The lowest BCUT2D eigenvalue weighted by Crippen LogP contribution is -2.56. The highest BCUT2D eigenvalue weighted by Gasteiger charge is 2.46. The van der Waals surface area contributed by atoms with Crippen molar-refractivity contribution in [2.45, 2.75) is 40.7 Å². The van der Waals surface area contributed by atoms with Gasteiger partial charge in [0, 0.05) is 41.3 Å². The van der Waals surface area contributed by atoms with Crippen LogP contribution < -0.4 is 0 Å². The van der Waals surface area contributed by atoms with E-state index in [1.807, 2.05) is 18.3 Å². The zero-order valence-corrected chi connectivity index (χ0v) is 14.9. The van der Waals surface area contributed by atoms with Crippen molar-refractivity contribution < 1.29 is 9.90 Å². The Morgan fingerprint density at radius 2 is 2.12 bits per heavy atom. The third-order valence-electron chi connectivity index (χ3n) is 4.77. The van der Waals surface area contributed by atoms with Gasteiger partial charge in [0.05, 0.1) is 0 Å². The largest absolute Gasteiger partial charge is 0.465 e. The summed E-state index contributed by atoms with van der Waals surface area (Å²) in [5.74, 6) is 0. The Morgan fingerprint density at radius 3 is 2.75 bits per heavy atom. The van der Waals surface area contributed by atoms with Crippen LogP contribution >= 0.6 is 0 Å². The molecule has 1 aliphatic rings. The first-order chi connectivity index (χ1) is 11.1. The smallest absolute Gasteiger partial charge is 0.407 e. The van der Waals surface area contributed by atoms with E-state index in [0.717, 1.165) is 22.2 Å². The van der Waals surface area contributed by atoms with E-state index < -0.39 is 6.09 Å². The highest BCUT2D eigenvalue weighted by atomic mass is 16.4. The highest BCUT2D eigenvalue weighted by molar-refractivity contribution is 5.92. The zero-order valence-electron chi connectivity index (χ0n) is 14.9. The van der Waals surface area contributed by atoms with Gasteiger partial charge < -0.3 is 10.1 Å². The number of H-pyrrole nitrogens is 1. The van der Waals surface area contributed by atoms with Crippen LogP contribution in [0.4, 0.5) is 4.79 Å². The second-order valence-corrected chi connectivity index (χ2v) is 8.27. The lowest BCUT2D eigenvalue weighted by Gasteiger charge is -2.50. The topological polar surface area (TPSA) is 69.2 Å². The van der Waals surface area contributed by atoms with E-state index in [-0.39, 0.29) is 16.9 Å². The fourth-order valence-corrected chi connectivity index (χ4v) is 4.40. The predicted octanol–water partition coefficient (Wildman–Crippen LogP) is 4.38. The molecule has 1 aliphatic heterocycles. The van der Waals surface area contributed by atoms with Crippen molar-refractivity contribution in [2.24, 2.45) is 10.8 Å². The van der Waals surface area contributed by atoms with Crippen LogP contribution in [-0.2, 0) is 0 Å². The van der Waals surface area contributed by atoms with E-state index in [2.05, 4.69) is 50.7 Å². The summed E-state index contributed by atoms with van der Waals surface area (Å²) in [5.41, 5.74) is 2.47. The summed E-state index contributed by atoms with van der Waals surface area (Å²) in [6.45, 7) is 10.9. The monoisotopic (exact) mass is 327 g/mol. The standard InChI is InChI=1S/C19H25N3O2/c1-18(2,3)16-19(4,5)9-12(11-22(16)17(23)24)14-10-21-15-13(14)7-6-8-20-15/h6-10,16H,11H2,1-5H3,(H,20,21)(H,23,24). The number of hydrogen-bond donors (Lipinski definition) is 2. The normalized spacial score (nSPS) is 21.0. The summed E-state index contributed by atoms with van der Waals surface area (Å²) >= 11 is 0. The van der Waals surface area contributed by atoms with Gasteiger partial charge in [-0.25, -0.2) is 9.78 Å². The van der Waals surface area contributed by atoms with E-state index >= 15 is 0 Å². The lowest BCUT2D eigenvalue weighted by molar-refractivity contribution is 0.0356. The molecule has 5 nitrogen and oxygen atoms in total. The average molecular weight is 327 g/mol. The molecular weight excluding hydrogens is 302 g/mol. The maximum absolute atomic E-state index is 12.0. The van der Waals surface area contributed by atoms with Gasteiger partial charge in [0.15, 0.2) is 0 Å². The number of rotatable bonds is 1. The number of nitrogens with zero attached hydrogens (tertiary/aromatic N) is 2. The van der Waals surface area contributed by atoms with Gasteiger partial charge in [-0.15, -0.1) is 0 Å². The second kappa shape index (κ2) is 5.36. The SMILES string of the molecule is CC(C)(C)C1N(C(=O)O)CC(c2c[nH]c3ncccc23)=CC1(C)C. The molecule has 5 heteroatoms. The van der Waals surface area contributed by atoms with E-state index in [1.54, 1.807) is 11.1 Å². The van der Waals surface area contributed by atoms with Crippen LogP contribution in [0.2, 0.25) is 0 Å². The number of aromatic nitrogens is 2. The maximum atomic E-state index is 12.0. The summed E-state index contributed by atoms with van der Waals surface area (Å²) in [6, 6.07) is 3.83. The first kappa shape index (κ1) is 16.6. The number of amides is 1. The van der Waals surface area contributed by atoms with Crippen LogP contribution in [0.3, 0.4) is 0 Å². The molecule has 0 radical (unpaired) electrons. The minimum absolute atomic E-state index is 0.0884. The van der Waals surface area contributed by atoms with Crippen molar-refractivity contribution in [3.63, 3.8) is 0 Å². The predicted molar refractivity (Wildman–Crippen MR) is 95.8 cm³/mol. The van der Waals surface area contributed by atoms with E-state index in [4.69, 9.17) is 0 Å². The minimum Gasteiger partial charge on any atom is -0.465 e. The molecule has 2 N–H and O–H groups in total. The Kier molecular flexibility index (Phi) is 3.70. The van der Waals surface area contributed by atoms with Gasteiger partial charge in [-0.2, -0.15) is 0 Å². The summed E-state index contributed by atoms with van der Waals surface area (Å²) in [5, 5.41) is 10.8. The zero-order chi connectivity index (χ0) is 17.7. The quantitative estimate of drug-likeness (QED) is 0.816. The van der Waals surface area contributed by atoms with Gasteiger partial charge in [-0.3, -0.25) is 4.90 Å². The molecule has 0 saturated heterocycles. The molecule has 2 aromatic rings. The molecule has 1 unspecified atom stereocenters. The van der Waals surface area contributed by atoms with Crippen LogP contribution in [0.15, 0.2) is 30.6 Å². The molecular formula is C19H25N3O2. The van der Waals surface area contributed by atoms with Crippen molar-refractivity contribution in [2.75, 3.05) is 6.54 Å². The molecule has 24 heavy (non-hydrogen) atoms. The van der Waals surface area contributed by atoms with Crippen LogP contribution in [0.25, 0.3) is 16.6 Å². The van der Waals surface area contributed by atoms with Gasteiger partial charge in [0.25, 0.3) is 0 Å². The number of aromatic amines is 1. The molecule has 128 valence electrons. The van der Waals surface area contributed by atoms with Crippen molar-refractivity contribution in [3.05, 3.63) is 36.2 Å². The molecule has 0 saturated carbocycles. The third-order valence-corrected chi connectivity index (χ3v) is 4.77. The number of nitrogens with one attached hydrogen (secondary N) is 1. The molecule has 0 fully saturated rings. The number of carboxylic acid groups (broad SMARTS) is 1. The second-order valence-electron chi connectivity index (χ2n) is 8.27. The molecule has 0 aromatic carbocycles. The molecule has 2 aromatic heterocycles. The fourth-order valence-electron chi connectivity index (χ4n) is 4.40. The minimum atomic E-state index is -0.869. The Morgan fingerprint density at radius 1 is 1.42 bits per heavy atom. The summed E-state index contributed by atoms with van der Waals surface area (Å²) in [4.78, 5) is 21.1. The number of fused-ring (bicyclic) bond motifs is 1. The van der Waals surface area contributed by atoms with Crippen LogP contribution in [-0.4, -0.2) is 38.7 Å². The summed E-state index contributed by atoms with van der Waals surface area (Å²) < 4.78 is 0. The Balaban J connectivity index is 2.14.